The molecule has 3 aromatic heterocycles. The predicted molar refractivity (Wildman–Crippen MR) is 120 cm³/mol. The van der Waals surface area contributed by atoms with Crippen molar-refractivity contribution in [3.05, 3.63) is 69.5 Å². The molecule has 5 rings (SSSR count). The molecule has 0 saturated heterocycles. The van der Waals surface area contributed by atoms with Crippen LogP contribution in [0.25, 0.3) is 17.2 Å². The van der Waals surface area contributed by atoms with Gasteiger partial charge >= 0.3 is 12.1 Å². The number of nitrogens with one attached hydrogen (secondary N) is 2. The fourth-order valence-electron chi connectivity index (χ4n) is 4.32. The quantitative estimate of drug-likeness (QED) is 0.390. The zero-order chi connectivity index (χ0) is 26.8. The largest absolute Gasteiger partial charge is 0.453 e. The molecule has 9 nitrogen and oxygen atoms in total. The van der Waals surface area contributed by atoms with Crippen molar-refractivity contribution >= 4 is 17.4 Å². The van der Waals surface area contributed by atoms with Crippen molar-refractivity contribution < 1.29 is 26.7 Å². The van der Waals surface area contributed by atoms with Crippen LogP contribution < -0.4 is 10.9 Å². The Morgan fingerprint density at radius 2 is 1.86 bits per heavy atom. The lowest BCUT2D eigenvalue weighted by atomic mass is 9.78. The Balaban J connectivity index is 1.58. The minimum atomic E-state index is -5.72. The highest BCUT2D eigenvalue weighted by molar-refractivity contribution is 6.07. The molecule has 1 atom stereocenters. The number of anilines is 1. The van der Waals surface area contributed by atoms with Gasteiger partial charge in [0.2, 0.25) is 5.91 Å². The van der Waals surface area contributed by atoms with Gasteiger partial charge in [0.25, 0.3) is 5.56 Å². The van der Waals surface area contributed by atoms with E-state index in [1.54, 1.807) is 25.1 Å². The first-order chi connectivity index (χ1) is 17.3. The first-order valence-corrected chi connectivity index (χ1v) is 11.0. The van der Waals surface area contributed by atoms with E-state index in [0.29, 0.717) is 5.56 Å². The number of aryl methyl sites for hydroxylation is 2. The van der Waals surface area contributed by atoms with Gasteiger partial charge in [-0.05, 0) is 25.8 Å². The Hall–Kier alpha value is -4.23. The maximum absolute atomic E-state index is 13.5. The number of fused-ring (bicyclic) bond motifs is 2. The van der Waals surface area contributed by atoms with Crippen molar-refractivity contribution in [3.8, 4) is 11.5 Å². The highest BCUT2D eigenvalue weighted by atomic mass is 19.4. The average Bonchev–Trinajstić information content (AvgIpc) is 3.39. The molecule has 0 fully saturated rings. The van der Waals surface area contributed by atoms with Crippen LogP contribution in [-0.2, 0) is 16.6 Å². The van der Waals surface area contributed by atoms with Crippen molar-refractivity contribution in [1.29, 1.82) is 0 Å². The van der Waals surface area contributed by atoms with E-state index < -0.39 is 41.8 Å². The molecule has 0 aliphatic carbocycles. The second-order valence-electron chi connectivity index (χ2n) is 8.89. The van der Waals surface area contributed by atoms with Gasteiger partial charge in [-0.3, -0.25) is 9.59 Å². The van der Waals surface area contributed by atoms with Crippen molar-refractivity contribution in [2.75, 3.05) is 5.32 Å². The summed E-state index contributed by atoms with van der Waals surface area (Å²) in [5, 5.41) is 6.51. The van der Waals surface area contributed by atoms with E-state index in [0.717, 1.165) is 16.4 Å². The Morgan fingerprint density at radius 1 is 1.11 bits per heavy atom. The van der Waals surface area contributed by atoms with Crippen LogP contribution in [0.2, 0.25) is 0 Å². The molecule has 0 saturated carbocycles. The number of benzene rings is 1. The van der Waals surface area contributed by atoms with E-state index in [1.165, 1.54) is 6.20 Å². The van der Waals surface area contributed by atoms with Gasteiger partial charge in [0, 0.05) is 6.42 Å². The highest BCUT2D eigenvalue weighted by Crippen LogP contribution is 2.41. The Bertz CT molecular complexity index is 1610. The molecule has 1 aliphatic heterocycles. The van der Waals surface area contributed by atoms with Crippen LogP contribution in [0.15, 0.2) is 41.6 Å². The lowest BCUT2D eigenvalue weighted by Crippen LogP contribution is -2.36. The molecule has 2 N–H and O–H groups in total. The number of hydrogen-bond acceptors (Lipinski definition) is 6. The molecule has 37 heavy (non-hydrogen) atoms. The number of hydrogen-bond donors (Lipinski definition) is 2. The summed E-state index contributed by atoms with van der Waals surface area (Å²) in [7, 11) is 0. The van der Waals surface area contributed by atoms with Crippen molar-refractivity contribution in [3.63, 3.8) is 0 Å². The van der Waals surface area contributed by atoms with Gasteiger partial charge in [0.15, 0.2) is 11.5 Å². The van der Waals surface area contributed by atoms with Crippen LogP contribution in [0.1, 0.15) is 35.7 Å². The summed E-state index contributed by atoms with van der Waals surface area (Å²) in [5.41, 5.74) is -0.721. The number of aromatic nitrogens is 6. The summed E-state index contributed by atoms with van der Waals surface area (Å²) in [5.74, 6) is -5.57. The zero-order valence-corrected chi connectivity index (χ0v) is 19.3. The summed E-state index contributed by atoms with van der Waals surface area (Å²) in [6, 6.07) is 7.11. The lowest BCUT2D eigenvalue weighted by Gasteiger charge is -2.22. The molecule has 1 aliphatic rings. The molecular weight excluding hydrogens is 501 g/mol. The normalized spacial score (nSPS) is 17.8. The van der Waals surface area contributed by atoms with Gasteiger partial charge in [-0.2, -0.15) is 27.1 Å². The van der Waals surface area contributed by atoms with Crippen molar-refractivity contribution in [2.45, 2.75) is 44.2 Å². The fourth-order valence-corrected chi connectivity index (χ4v) is 4.32. The molecule has 1 unspecified atom stereocenters. The first kappa shape index (κ1) is 24.5. The van der Waals surface area contributed by atoms with E-state index in [1.807, 2.05) is 13.0 Å². The van der Waals surface area contributed by atoms with E-state index in [9.17, 15) is 31.5 Å². The molecule has 0 radical (unpaired) electrons. The second kappa shape index (κ2) is 8.15. The number of carbonyl (C=O) groups is 1. The topological polar surface area (TPSA) is 118 Å². The standard InChI is InChI=1S/C23H18F5N7O2/c1-11-4-3-5-12(8-11)21(2)15-17(34-20(21)37)32-16(33-19(15)36)14-9-35-18(29-10-30-35)13(31-14)6-7-22(24,25)23(26,27)28/h3-5,8-10H,6-7H2,1-2H3,(H2,32,33,34,36,37). The molecule has 192 valence electrons. The van der Waals surface area contributed by atoms with Crippen LogP contribution in [0.3, 0.4) is 0 Å². The molecule has 1 amide bonds. The SMILES string of the molecule is Cc1cccc(C2(C)C(=O)Nc3nc(-c4cn5ncnc5c(CCC(F)(F)C(F)(F)F)n4)[nH]c(=O)c32)c1. The minimum Gasteiger partial charge on any atom is -0.309 e. The Kier molecular flexibility index (Phi) is 5.39. The van der Waals surface area contributed by atoms with Crippen LogP contribution in [0.5, 0.6) is 0 Å². The third kappa shape index (κ3) is 3.92. The summed E-state index contributed by atoms with van der Waals surface area (Å²) in [6.45, 7) is 3.44. The van der Waals surface area contributed by atoms with Crippen LogP contribution in [0, 0.1) is 6.92 Å². The average molecular weight is 519 g/mol. The third-order valence-corrected chi connectivity index (χ3v) is 6.37. The third-order valence-electron chi connectivity index (χ3n) is 6.37. The first-order valence-electron chi connectivity index (χ1n) is 11.0. The number of alkyl halides is 5. The zero-order valence-electron chi connectivity index (χ0n) is 19.3. The van der Waals surface area contributed by atoms with E-state index >= 15 is 0 Å². The van der Waals surface area contributed by atoms with Crippen LogP contribution >= 0.6 is 0 Å². The summed E-state index contributed by atoms with van der Waals surface area (Å²) in [6.07, 6.45) is -5.69. The fraction of sp³-hybridized carbons (Fsp3) is 0.304. The summed E-state index contributed by atoms with van der Waals surface area (Å²) >= 11 is 0. The maximum atomic E-state index is 13.5. The van der Waals surface area contributed by atoms with Gasteiger partial charge < -0.3 is 10.3 Å². The van der Waals surface area contributed by atoms with Crippen LogP contribution in [-0.4, -0.2) is 47.6 Å². The molecule has 14 heteroatoms. The van der Waals surface area contributed by atoms with Gasteiger partial charge in [-0.15, -0.1) is 0 Å². The van der Waals surface area contributed by atoms with Crippen LogP contribution in [0.4, 0.5) is 27.8 Å². The number of nitrogens with zero attached hydrogens (tertiary/aromatic N) is 5. The number of carbonyl (C=O) groups excluding carboxylic acids is 1. The number of H-pyrrole nitrogens is 1. The van der Waals surface area contributed by atoms with Gasteiger partial charge in [-0.1, -0.05) is 29.8 Å². The number of aromatic amines is 1. The van der Waals surface area contributed by atoms with E-state index in [-0.39, 0.29) is 34.2 Å². The predicted octanol–water partition coefficient (Wildman–Crippen LogP) is 3.57. The van der Waals surface area contributed by atoms with Gasteiger partial charge in [0.05, 0.1) is 17.5 Å². The number of halogens is 5. The summed E-state index contributed by atoms with van der Waals surface area (Å²) in [4.78, 5) is 41.1. The Morgan fingerprint density at radius 3 is 2.57 bits per heavy atom. The van der Waals surface area contributed by atoms with Gasteiger partial charge in [-0.25, -0.2) is 19.5 Å². The molecular formula is C23H18F5N7O2. The smallest absolute Gasteiger partial charge is 0.309 e. The Labute approximate surface area is 204 Å². The van der Waals surface area contributed by atoms with Gasteiger partial charge in [0.1, 0.15) is 23.3 Å². The van der Waals surface area contributed by atoms with E-state index in [4.69, 9.17) is 0 Å². The molecule has 4 heterocycles. The number of amides is 1. The molecule has 0 bridgehead atoms. The second-order valence-corrected chi connectivity index (χ2v) is 8.89. The summed E-state index contributed by atoms with van der Waals surface area (Å²) < 4.78 is 66.2. The highest BCUT2D eigenvalue weighted by Gasteiger charge is 2.56. The van der Waals surface area contributed by atoms with E-state index in [2.05, 4.69) is 30.4 Å². The van der Waals surface area contributed by atoms with Crippen molar-refractivity contribution in [1.82, 2.24) is 29.5 Å². The maximum Gasteiger partial charge on any atom is 0.453 e. The molecule has 1 aromatic carbocycles. The minimum absolute atomic E-state index is 0.0154. The number of rotatable bonds is 5. The monoisotopic (exact) mass is 519 g/mol. The molecule has 4 aromatic rings. The molecule has 0 spiro atoms. The lowest BCUT2D eigenvalue weighted by molar-refractivity contribution is -0.284. The van der Waals surface area contributed by atoms with Crippen molar-refractivity contribution in [2.24, 2.45) is 0 Å².